The molecule has 0 radical (unpaired) electrons. The van der Waals surface area contributed by atoms with Crippen LogP contribution in [0.25, 0.3) is 0 Å². The van der Waals surface area contributed by atoms with E-state index in [9.17, 15) is 17.6 Å². The summed E-state index contributed by atoms with van der Waals surface area (Å²) in [4.78, 5) is 0. The molecule has 1 aliphatic carbocycles. The van der Waals surface area contributed by atoms with Gasteiger partial charge in [-0.05, 0) is 57.7 Å². The lowest BCUT2D eigenvalue weighted by atomic mass is 9.79. The molecule has 0 unspecified atom stereocenters. The van der Waals surface area contributed by atoms with Crippen molar-refractivity contribution in [2.45, 2.75) is 63.2 Å². The standard InChI is InChI=1S/C16H19BF4O2/c1-14(2)15(3,4)23-17(22-14)12-8-10(12)9-5-6-11(13(18)7-9)16(19,20)21/h5-7,10,12H,8H2,1-4H3/t10-,12+/m1/s1. The number of alkyl halides is 3. The molecular formula is C16H19BF4O2. The van der Waals surface area contributed by atoms with Crippen LogP contribution >= 0.6 is 0 Å². The molecule has 2 nitrogen and oxygen atoms in total. The summed E-state index contributed by atoms with van der Waals surface area (Å²) in [6.45, 7) is 7.79. The molecule has 1 saturated carbocycles. The van der Waals surface area contributed by atoms with Crippen molar-refractivity contribution in [1.82, 2.24) is 0 Å². The first-order valence-corrected chi connectivity index (χ1v) is 7.65. The molecule has 1 aromatic carbocycles. The molecule has 1 saturated heterocycles. The Kier molecular flexibility index (Phi) is 3.62. The average Bonchev–Trinajstić information content (AvgIpc) is 3.11. The van der Waals surface area contributed by atoms with Gasteiger partial charge in [0.1, 0.15) is 5.82 Å². The second-order valence-electron chi connectivity index (χ2n) is 7.37. The van der Waals surface area contributed by atoms with Gasteiger partial charge in [0.2, 0.25) is 0 Å². The monoisotopic (exact) mass is 330 g/mol. The Morgan fingerprint density at radius 3 is 2.13 bits per heavy atom. The number of halogens is 4. The van der Waals surface area contributed by atoms with Crippen molar-refractivity contribution in [2.24, 2.45) is 0 Å². The Balaban J connectivity index is 1.74. The smallest absolute Gasteiger partial charge is 0.403 e. The van der Waals surface area contributed by atoms with Crippen LogP contribution in [0.2, 0.25) is 5.82 Å². The summed E-state index contributed by atoms with van der Waals surface area (Å²) in [5.41, 5.74) is -1.56. The third-order valence-corrected chi connectivity index (χ3v) is 5.19. The zero-order valence-corrected chi connectivity index (χ0v) is 13.5. The van der Waals surface area contributed by atoms with Crippen LogP contribution in [0.15, 0.2) is 18.2 Å². The molecule has 3 rings (SSSR count). The minimum absolute atomic E-state index is 0.0264. The Bertz CT molecular complexity index is 611. The van der Waals surface area contributed by atoms with Gasteiger partial charge >= 0.3 is 13.3 Å². The molecule has 2 atom stereocenters. The highest BCUT2D eigenvalue weighted by Gasteiger charge is 2.59. The first-order chi connectivity index (χ1) is 10.4. The van der Waals surface area contributed by atoms with Gasteiger partial charge in [-0.25, -0.2) is 4.39 Å². The Morgan fingerprint density at radius 1 is 1.09 bits per heavy atom. The highest BCUT2D eigenvalue weighted by atomic mass is 19.4. The van der Waals surface area contributed by atoms with Gasteiger partial charge in [0.15, 0.2) is 0 Å². The highest BCUT2D eigenvalue weighted by Crippen LogP contribution is 2.58. The van der Waals surface area contributed by atoms with Crippen LogP contribution in [0.5, 0.6) is 0 Å². The first kappa shape index (κ1) is 16.8. The van der Waals surface area contributed by atoms with E-state index < -0.39 is 35.9 Å². The fraction of sp³-hybridized carbons (Fsp3) is 0.625. The molecule has 23 heavy (non-hydrogen) atoms. The van der Waals surface area contributed by atoms with Crippen LogP contribution in [0.1, 0.15) is 51.2 Å². The summed E-state index contributed by atoms with van der Waals surface area (Å²) in [6.07, 6.45) is -3.95. The van der Waals surface area contributed by atoms with E-state index in [1.807, 2.05) is 27.7 Å². The van der Waals surface area contributed by atoms with E-state index in [2.05, 4.69) is 0 Å². The lowest BCUT2D eigenvalue weighted by Gasteiger charge is -2.32. The molecule has 0 amide bonds. The zero-order valence-electron chi connectivity index (χ0n) is 13.5. The van der Waals surface area contributed by atoms with Gasteiger partial charge < -0.3 is 9.31 Å². The second-order valence-corrected chi connectivity index (χ2v) is 7.37. The van der Waals surface area contributed by atoms with Gasteiger partial charge in [-0.2, -0.15) is 13.2 Å². The maximum absolute atomic E-state index is 13.7. The fourth-order valence-electron chi connectivity index (χ4n) is 2.95. The quantitative estimate of drug-likeness (QED) is 0.573. The number of hydrogen-bond acceptors (Lipinski definition) is 2. The van der Waals surface area contributed by atoms with Crippen molar-refractivity contribution in [2.75, 3.05) is 0 Å². The molecule has 2 fully saturated rings. The maximum atomic E-state index is 13.7. The third kappa shape index (κ3) is 2.89. The minimum Gasteiger partial charge on any atom is -0.403 e. The van der Waals surface area contributed by atoms with Gasteiger partial charge in [0.05, 0.1) is 16.8 Å². The zero-order chi connectivity index (χ0) is 17.2. The molecule has 0 spiro atoms. The van der Waals surface area contributed by atoms with Gasteiger partial charge in [0, 0.05) is 5.82 Å². The number of benzene rings is 1. The first-order valence-electron chi connectivity index (χ1n) is 7.65. The lowest BCUT2D eigenvalue weighted by molar-refractivity contribution is -0.140. The predicted molar refractivity (Wildman–Crippen MR) is 78.6 cm³/mol. The summed E-state index contributed by atoms with van der Waals surface area (Å²) in [6, 6.07) is 3.14. The molecule has 1 aliphatic heterocycles. The van der Waals surface area contributed by atoms with Crippen LogP contribution in [0, 0.1) is 5.82 Å². The fourth-order valence-corrected chi connectivity index (χ4v) is 2.95. The van der Waals surface area contributed by atoms with Gasteiger partial charge in [-0.1, -0.05) is 6.07 Å². The highest BCUT2D eigenvalue weighted by molar-refractivity contribution is 6.49. The molecule has 0 N–H and O–H groups in total. The summed E-state index contributed by atoms with van der Waals surface area (Å²) in [7, 11) is -0.407. The molecule has 0 aromatic heterocycles. The topological polar surface area (TPSA) is 18.5 Å². The molecule has 1 heterocycles. The maximum Gasteiger partial charge on any atom is 0.461 e. The van der Waals surface area contributed by atoms with Crippen molar-refractivity contribution in [3.05, 3.63) is 35.1 Å². The average molecular weight is 330 g/mol. The predicted octanol–water partition coefficient (Wildman–Crippen LogP) is 4.79. The van der Waals surface area contributed by atoms with Gasteiger partial charge in [0.25, 0.3) is 0 Å². The molecule has 2 aliphatic rings. The van der Waals surface area contributed by atoms with Gasteiger partial charge in [-0.15, -0.1) is 0 Å². The third-order valence-electron chi connectivity index (χ3n) is 5.19. The summed E-state index contributed by atoms with van der Waals surface area (Å²) < 4.78 is 63.4. The number of rotatable bonds is 2. The van der Waals surface area contributed by atoms with Crippen molar-refractivity contribution >= 4 is 7.12 Å². The molecule has 1 aromatic rings. The minimum atomic E-state index is -4.67. The number of hydrogen-bond donors (Lipinski definition) is 0. The SMILES string of the molecule is CC1(C)OB([C@H]2C[C@@H]2c2ccc(C(F)(F)F)c(F)c2)OC1(C)C. The van der Waals surface area contributed by atoms with Crippen LogP contribution in [-0.4, -0.2) is 18.3 Å². The lowest BCUT2D eigenvalue weighted by Crippen LogP contribution is -2.41. The summed E-state index contributed by atoms with van der Waals surface area (Å²) in [5.74, 6) is -1.21. The van der Waals surface area contributed by atoms with Crippen molar-refractivity contribution < 1.29 is 26.9 Å². The van der Waals surface area contributed by atoms with E-state index in [1.54, 1.807) is 0 Å². The van der Waals surface area contributed by atoms with Crippen LogP contribution in [-0.2, 0) is 15.5 Å². The molecular weight excluding hydrogens is 311 g/mol. The van der Waals surface area contributed by atoms with Crippen LogP contribution < -0.4 is 0 Å². The van der Waals surface area contributed by atoms with Crippen molar-refractivity contribution in [3.8, 4) is 0 Å². The largest absolute Gasteiger partial charge is 0.461 e. The van der Waals surface area contributed by atoms with Crippen LogP contribution in [0.4, 0.5) is 17.6 Å². The van der Waals surface area contributed by atoms with E-state index in [0.717, 1.165) is 18.6 Å². The van der Waals surface area contributed by atoms with E-state index in [1.165, 1.54) is 6.07 Å². The van der Waals surface area contributed by atoms with Crippen molar-refractivity contribution in [3.63, 3.8) is 0 Å². The summed E-state index contributed by atoms with van der Waals surface area (Å²) in [5, 5.41) is 0. The van der Waals surface area contributed by atoms with Gasteiger partial charge in [-0.3, -0.25) is 0 Å². The molecule has 0 bridgehead atoms. The Labute approximate surface area is 133 Å². The van der Waals surface area contributed by atoms with E-state index in [4.69, 9.17) is 9.31 Å². The molecule has 126 valence electrons. The normalized spacial score (nSPS) is 29.0. The van der Waals surface area contributed by atoms with E-state index in [-0.39, 0.29) is 11.7 Å². The Hall–Kier alpha value is -1.08. The Morgan fingerprint density at radius 2 is 1.65 bits per heavy atom. The summed E-state index contributed by atoms with van der Waals surface area (Å²) >= 11 is 0. The second kappa shape index (κ2) is 4.96. The van der Waals surface area contributed by atoms with Crippen LogP contribution in [0.3, 0.4) is 0 Å². The van der Waals surface area contributed by atoms with E-state index >= 15 is 0 Å². The van der Waals surface area contributed by atoms with E-state index in [0.29, 0.717) is 5.56 Å². The molecule has 7 heteroatoms. The van der Waals surface area contributed by atoms with Crippen molar-refractivity contribution in [1.29, 1.82) is 0 Å².